The highest BCUT2D eigenvalue weighted by Crippen LogP contribution is 2.45. The Bertz CT molecular complexity index is 1710. The lowest BCUT2D eigenvalue weighted by Crippen LogP contribution is -2.29. The molecule has 0 spiro atoms. The molecular formula is C31H25ClFN3O5S2. The number of hydrogen-bond acceptors (Lipinski definition) is 9. The highest BCUT2D eigenvalue weighted by atomic mass is 35.5. The minimum absolute atomic E-state index is 0.164. The third-order valence-corrected chi connectivity index (χ3v) is 8.89. The number of ketones is 1. The van der Waals surface area contributed by atoms with Crippen molar-refractivity contribution in [1.29, 1.82) is 0 Å². The molecule has 1 amide bonds. The molecule has 1 unspecified atom stereocenters. The second-order valence-electron chi connectivity index (χ2n) is 9.15. The molecule has 220 valence electrons. The normalized spacial score (nSPS) is 16.0. The van der Waals surface area contributed by atoms with E-state index >= 15 is 0 Å². The fourth-order valence-corrected chi connectivity index (χ4v) is 6.61. The van der Waals surface area contributed by atoms with Crippen LogP contribution in [0.2, 0.25) is 5.02 Å². The van der Waals surface area contributed by atoms with Gasteiger partial charge in [-0.15, -0.1) is 10.2 Å². The zero-order valence-electron chi connectivity index (χ0n) is 22.8. The van der Waals surface area contributed by atoms with Gasteiger partial charge >= 0.3 is 5.91 Å². The van der Waals surface area contributed by atoms with E-state index in [2.05, 4.69) is 16.8 Å². The maximum absolute atomic E-state index is 13.6. The van der Waals surface area contributed by atoms with Gasteiger partial charge in [0.05, 0.1) is 18.2 Å². The molecule has 1 saturated heterocycles. The molecule has 43 heavy (non-hydrogen) atoms. The number of benzene rings is 3. The fourth-order valence-electron chi connectivity index (χ4n) is 4.45. The zero-order valence-corrected chi connectivity index (χ0v) is 25.2. The molecule has 1 aliphatic heterocycles. The SMILES string of the molecule is C=CCOc1ccc(C2C(=C(O)c3ccc(F)cc3)C(=O)C(=O)N2c2nnc(SCc3ccccc3Cl)s2)cc1OCC. The van der Waals surface area contributed by atoms with E-state index in [9.17, 15) is 19.1 Å². The summed E-state index contributed by atoms with van der Waals surface area (Å²) < 4.78 is 25.7. The predicted molar refractivity (Wildman–Crippen MR) is 165 cm³/mol. The summed E-state index contributed by atoms with van der Waals surface area (Å²) in [4.78, 5) is 28.3. The summed E-state index contributed by atoms with van der Waals surface area (Å²) in [7, 11) is 0. The number of amides is 1. The van der Waals surface area contributed by atoms with Gasteiger partial charge in [-0.3, -0.25) is 14.5 Å². The molecule has 4 aromatic rings. The fraction of sp³-hybridized carbons (Fsp3) is 0.161. The average Bonchev–Trinajstić information content (AvgIpc) is 3.58. The first-order chi connectivity index (χ1) is 20.8. The van der Waals surface area contributed by atoms with Crippen molar-refractivity contribution in [3.05, 3.63) is 112 Å². The number of ether oxygens (including phenoxy) is 2. The van der Waals surface area contributed by atoms with Crippen molar-refractivity contribution in [1.82, 2.24) is 10.2 Å². The zero-order chi connectivity index (χ0) is 30.5. The van der Waals surface area contributed by atoms with Crippen LogP contribution in [0, 0.1) is 5.82 Å². The van der Waals surface area contributed by atoms with E-state index in [1.165, 1.54) is 28.8 Å². The molecule has 1 N–H and O–H groups in total. The number of aromatic nitrogens is 2. The van der Waals surface area contributed by atoms with E-state index in [0.717, 1.165) is 29.0 Å². The minimum Gasteiger partial charge on any atom is -0.507 e. The molecule has 2 heterocycles. The molecule has 1 aromatic heterocycles. The number of aliphatic hydroxyl groups excluding tert-OH is 1. The average molecular weight is 638 g/mol. The van der Waals surface area contributed by atoms with Gasteiger partial charge in [0.15, 0.2) is 15.8 Å². The Morgan fingerprint density at radius 1 is 1.12 bits per heavy atom. The Labute approximate surface area is 260 Å². The molecule has 1 fully saturated rings. The van der Waals surface area contributed by atoms with Crippen molar-refractivity contribution in [3.8, 4) is 11.5 Å². The van der Waals surface area contributed by atoms with Crippen LogP contribution in [0.15, 0.2) is 89.3 Å². The van der Waals surface area contributed by atoms with E-state index in [4.69, 9.17) is 21.1 Å². The summed E-state index contributed by atoms with van der Waals surface area (Å²) in [6, 6.07) is 16.3. The Morgan fingerprint density at radius 3 is 2.60 bits per heavy atom. The topological polar surface area (TPSA) is 102 Å². The van der Waals surface area contributed by atoms with E-state index in [1.54, 1.807) is 30.3 Å². The van der Waals surface area contributed by atoms with Crippen LogP contribution < -0.4 is 14.4 Å². The van der Waals surface area contributed by atoms with Gasteiger partial charge in [0.2, 0.25) is 5.13 Å². The van der Waals surface area contributed by atoms with Crippen molar-refractivity contribution in [3.63, 3.8) is 0 Å². The lowest BCUT2D eigenvalue weighted by atomic mass is 9.95. The largest absolute Gasteiger partial charge is 0.507 e. The van der Waals surface area contributed by atoms with Gasteiger partial charge in [0, 0.05) is 16.3 Å². The highest BCUT2D eigenvalue weighted by molar-refractivity contribution is 8.00. The van der Waals surface area contributed by atoms with E-state index < -0.39 is 29.3 Å². The van der Waals surface area contributed by atoms with Crippen LogP contribution in [0.25, 0.3) is 5.76 Å². The standard InChI is InChI=1S/C31H25ClFN3O5S2/c1-3-15-41-23-14-11-19(16-24(23)40-4-2)26-25(27(37)18-9-12-21(33)13-10-18)28(38)29(39)36(26)30-34-35-31(43-30)42-17-20-7-5-6-8-22(20)32/h3,5-14,16,26,37H,1,4,15,17H2,2H3. The van der Waals surface area contributed by atoms with E-state index in [-0.39, 0.29) is 22.9 Å². The van der Waals surface area contributed by atoms with Gasteiger partial charge in [-0.1, -0.05) is 71.6 Å². The number of thioether (sulfide) groups is 1. The molecule has 0 saturated carbocycles. The molecule has 3 aromatic carbocycles. The second kappa shape index (κ2) is 13.4. The van der Waals surface area contributed by atoms with Crippen LogP contribution in [0.3, 0.4) is 0 Å². The second-order valence-corrected chi connectivity index (χ2v) is 11.7. The summed E-state index contributed by atoms with van der Waals surface area (Å²) >= 11 is 8.81. The Balaban J connectivity index is 1.58. The van der Waals surface area contributed by atoms with Gasteiger partial charge < -0.3 is 14.6 Å². The number of hydrogen-bond donors (Lipinski definition) is 1. The lowest BCUT2D eigenvalue weighted by molar-refractivity contribution is -0.132. The highest BCUT2D eigenvalue weighted by Gasteiger charge is 2.48. The van der Waals surface area contributed by atoms with Crippen molar-refractivity contribution in [2.75, 3.05) is 18.1 Å². The third kappa shape index (κ3) is 6.43. The number of carbonyl (C=O) groups excluding carboxylic acids is 2. The smallest absolute Gasteiger partial charge is 0.301 e. The quantitative estimate of drug-likeness (QED) is 0.0460. The van der Waals surface area contributed by atoms with Crippen LogP contribution in [0.1, 0.15) is 29.7 Å². The molecule has 5 rings (SSSR count). The molecule has 1 atom stereocenters. The van der Waals surface area contributed by atoms with Crippen LogP contribution in [-0.4, -0.2) is 40.2 Å². The summed E-state index contributed by atoms with van der Waals surface area (Å²) in [6.45, 7) is 6.04. The molecule has 1 aliphatic rings. The molecule has 0 radical (unpaired) electrons. The van der Waals surface area contributed by atoms with Crippen LogP contribution in [-0.2, 0) is 15.3 Å². The Morgan fingerprint density at radius 2 is 1.88 bits per heavy atom. The summed E-state index contributed by atoms with van der Waals surface area (Å²) in [5.41, 5.74) is 1.36. The Kier molecular flexibility index (Phi) is 9.44. The number of aliphatic hydroxyl groups is 1. The first-order valence-electron chi connectivity index (χ1n) is 13.1. The van der Waals surface area contributed by atoms with Crippen molar-refractivity contribution in [2.45, 2.75) is 23.1 Å². The number of halogens is 2. The first-order valence-corrected chi connectivity index (χ1v) is 15.3. The number of rotatable bonds is 11. The molecule has 12 heteroatoms. The van der Waals surface area contributed by atoms with Gasteiger partial charge in [0.25, 0.3) is 5.78 Å². The minimum atomic E-state index is -1.09. The van der Waals surface area contributed by atoms with Gasteiger partial charge in [-0.2, -0.15) is 0 Å². The molecule has 8 nitrogen and oxygen atoms in total. The number of nitrogens with zero attached hydrogens (tertiary/aromatic N) is 3. The summed E-state index contributed by atoms with van der Waals surface area (Å²) in [6.07, 6.45) is 1.60. The maximum atomic E-state index is 13.6. The monoisotopic (exact) mass is 637 g/mol. The third-order valence-electron chi connectivity index (χ3n) is 6.41. The molecule has 0 bridgehead atoms. The van der Waals surface area contributed by atoms with Crippen LogP contribution in [0.4, 0.5) is 9.52 Å². The number of anilines is 1. The molecule has 0 aliphatic carbocycles. The van der Waals surface area contributed by atoms with Crippen molar-refractivity contribution >= 4 is 57.3 Å². The van der Waals surface area contributed by atoms with Crippen molar-refractivity contribution in [2.24, 2.45) is 0 Å². The van der Waals surface area contributed by atoms with Gasteiger partial charge in [0.1, 0.15) is 18.2 Å². The van der Waals surface area contributed by atoms with Crippen LogP contribution >= 0.6 is 34.7 Å². The first kappa shape index (κ1) is 30.3. The van der Waals surface area contributed by atoms with E-state index in [1.807, 2.05) is 25.1 Å². The predicted octanol–water partition coefficient (Wildman–Crippen LogP) is 7.21. The van der Waals surface area contributed by atoms with Crippen molar-refractivity contribution < 1.29 is 28.6 Å². The number of carbonyl (C=O) groups is 2. The molecular weight excluding hydrogens is 613 g/mol. The lowest BCUT2D eigenvalue weighted by Gasteiger charge is -2.23. The summed E-state index contributed by atoms with van der Waals surface area (Å²) in [5, 5.41) is 20.6. The van der Waals surface area contributed by atoms with Gasteiger partial charge in [-0.25, -0.2) is 4.39 Å². The van der Waals surface area contributed by atoms with E-state index in [0.29, 0.717) is 38.8 Å². The van der Waals surface area contributed by atoms with Gasteiger partial charge in [-0.05, 0) is 60.5 Å². The number of Topliss-reactive ketones (excluding diaryl/α,β-unsaturated/α-hetero) is 1. The maximum Gasteiger partial charge on any atom is 0.301 e. The summed E-state index contributed by atoms with van der Waals surface area (Å²) in [5.74, 6) is -1.44. The van der Waals surface area contributed by atoms with Crippen LogP contribution in [0.5, 0.6) is 11.5 Å². The Hall–Kier alpha value is -4.19.